The number of hydrogen-bond acceptors (Lipinski definition) is 3. The van der Waals surface area contributed by atoms with Gasteiger partial charge >= 0.3 is 0 Å². The molecule has 1 unspecified atom stereocenters. The Balaban J connectivity index is 1.60. The second-order valence-electron chi connectivity index (χ2n) is 5.12. The number of amides is 1. The molecule has 0 aromatic carbocycles. The van der Waals surface area contributed by atoms with E-state index in [2.05, 4.69) is 22.6 Å². The molecule has 0 aliphatic carbocycles. The fourth-order valence-corrected chi connectivity index (χ4v) is 2.67. The molecule has 4 heteroatoms. The van der Waals surface area contributed by atoms with Crippen LogP contribution in [-0.4, -0.2) is 50.1 Å². The van der Waals surface area contributed by atoms with E-state index in [4.69, 9.17) is 0 Å². The summed E-state index contributed by atoms with van der Waals surface area (Å²) in [5.74, 6) is 0.476. The molecule has 2 rings (SSSR count). The van der Waals surface area contributed by atoms with E-state index in [0.29, 0.717) is 6.04 Å². The van der Waals surface area contributed by atoms with Gasteiger partial charge in [-0.3, -0.25) is 4.79 Å². The second-order valence-corrected chi connectivity index (χ2v) is 5.12. The Labute approximate surface area is 97.8 Å². The predicted molar refractivity (Wildman–Crippen MR) is 64.3 cm³/mol. The highest BCUT2D eigenvalue weighted by Crippen LogP contribution is 2.14. The molecular formula is C12H23N3O. The molecule has 0 spiro atoms. The van der Waals surface area contributed by atoms with E-state index in [0.717, 1.165) is 39.0 Å². The van der Waals surface area contributed by atoms with Crippen molar-refractivity contribution in [3.05, 3.63) is 0 Å². The first kappa shape index (κ1) is 11.9. The molecule has 0 saturated carbocycles. The average Bonchev–Trinajstić information content (AvgIpc) is 2.89. The van der Waals surface area contributed by atoms with E-state index < -0.39 is 0 Å². The van der Waals surface area contributed by atoms with Gasteiger partial charge in [0.25, 0.3) is 0 Å². The second kappa shape index (κ2) is 5.64. The number of carbonyl (C=O) groups is 1. The van der Waals surface area contributed by atoms with Gasteiger partial charge in [-0.2, -0.15) is 0 Å². The Hall–Kier alpha value is -0.610. The van der Waals surface area contributed by atoms with Crippen molar-refractivity contribution in [1.82, 2.24) is 15.5 Å². The van der Waals surface area contributed by atoms with Gasteiger partial charge in [0, 0.05) is 19.1 Å². The van der Waals surface area contributed by atoms with Crippen molar-refractivity contribution in [2.45, 2.75) is 31.7 Å². The van der Waals surface area contributed by atoms with E-state index in [1.807, 2.05) is 0 Å². The first-order valence-corrected chi connectivity index (χ1v) is 6.45. The summed E-state index contributed by atoms with van der Waals surface area (Å²) in [6.45, 7) is 3.96. The highest BCUT2D eigenvalue weighted by molar-refractivity contribution is 5.79. The quantitative estimate of drug-likeness (QED) is 0.718. The summed E-state index contributed by atoms with van der Waals surface area (Å²) in [5, 5.41) is 6.51. The minimum absolute atomic E-state index is 0.224. The zero-order chi connectivity index (χ0) is 11.4. The van der Waals surface area contributed by atoms with Crippen LogP contribution >= 0.6 is 0 Å². The van der Waals surface area contributed by atoms with Gasteiger partial charge in [0.15, 0.2) is 0 Å². The van der Waals surface area contributed by atoms with Gasteiger partial charge in [-0.1, -0.05) is 0 Å². The van der Waals surface area contributed by atoms with Crippen LogP contribution in [0.15, 0.2) is 0 Å². The lowest BCUT2D eigenvalue weighted by Gasteiger charge is -2.13. The number of nitrogens with one attached hydrogen (secondary N) is 2. The maximum atomic E-state index is 11.8. The monoisotopic (exact) mass is 225 g/mol. The first-order valence-electron chi connectivity index (χ1n) is 6.45. The van der Waals surface area contributed by atoms with Crippen LogP contribution in [0.2, 0.25) is 0 Å². The molecule has 0 radical (unpaired) electrons. The van der Waals surface area contributed by atoms with Crippen LogP contribution in [0.1, 0.15) is 25.7 Å². The van der Waals surface area contributed by atoms with Crippen LogP contribution in [-0.2, 0) is 4.79 Å². The summed E-state index contributed by atoms with van der Waals surface area (Å²) >= 11 is 0. The van der Waals surface area contributed by atoms with Crippen molar-refractivity contribution in [3.63, 3.8) is 0 Å². The first-order chi connectivity index (χ1) is 7.75. The van der Waals surface area contributed by atoms with Crippen molar-refractivity contribution in [2.75, 3.05) is 33.2 Å². The molecule has 0 aromatic rings. The van der Waals surface area contributed by atoms with Gasteiger partial charge in [-0.05, 0) is 45.8 Å². The summed E-state index contributed by atoms with van der Waals surface area (Å²) < 4.78 is 0. The van der Waals surface area contributed by atoms with Gasteiger partial charge in [-0.25, -0.2) is 0 Å². The van der Waals surface area contributed by atoms with Gasteiger partial charge < -0.3 is 15.5 Å². The third-order valence-corrected chi connectivity index (χ3v) is 3.72. The molecule has 2 aliphatic rings. The number of carbonyl (C=O) groups excluding carboxylic acids is 1. The molecule has 2 heterocycles. The largest absolute Gasteiger partial charge is 0.356 e. The Bertz CT molecular complexity index is 238. The molecule has 0 bridgehead atoms. The number of likely N-dealkylation sites (tertiary alicyclic amines) is 1. The summed E-state index contributed by atoms with van der Waals surface area (Å²) in [6, 6.07) is 0.631. The summed E-state index contributed by atoms with van der Waals surface area (Å²) in [5.41, 5.74) is 0. The molecule has 2 atom stereocenters. The summed E-state index contributed by atoms with van der Waals surface area (Å²) in [4.78, 5) is 14.0. The lowest BCUT2D eigenvalue weighted by atomic mass is 10.1. The number of rotatable bonds is 4. The molecular weight excluding hydrogens is 202 g/mol. The maximum absolute atomic E-state index is 11.8. The summed E-state index contributed by atoms with van der Waals surface area (Å²) in [7, 11) is 2.08. The third kappa shape index (κ3) is 3.19. The standard InChI is InChI=1S/C12H23N3O/c1-15-8-5-10(9-15)12(16)14-7-4-11-3-2-6-13-11/h10-11,13H,2-9H2,1H3,(H,14,16)/t10?,11-/m1/s1. The fourth-order valence-electron chi connectivity index (χ4n) is 2.67. The summed E-state index contributed by atoms with van der Waals surface area (Å²) in [6.07, 6.45) is 4.65. The average molecular weight is 225 g/mol. The van der Waals surface area contributed by atoms with Crippen molar-refractivity contribution in [2.24, 2.45) is 5.92 Å². The van der Waals surface area contributed by atoms with E-state index in [1.54, 1.807) is 0 Å². The minimum Gasteiger partial charge on any atom is -0.356 e. The molecule has 92 valence electrons. The molecule has 2 N–H and O–H groups in total. The third-order valence-electron chi connectivity index (χ3n) is 3.72. The number of nitrogens with zero attached hydrogens (tertiary/aromatic N) is 1. The maximum Gasteiger partial charge on any atom is 0.224 e. The Morgan fingerprint density at radius 3 is 3.00 bits per heavy atom. The SMILES string of the molecule is CN1CCC(C(=O)NCC[C@H]2CCCN2)C1. The van der Waals surface area contributed by atoms with Gasteiger partial charge in [-0.15, -0.1) is 0 Å². The molecule has 16 heavy (non-hydrogen) atoms. The normalized spacial score (nSPS) is 30.8. The van der Waals surface area contributed by atoms with Crippen molar-refractivity contribution >= 4 is 5.91 Å². The minimum atomic E-state index is 0.224. The highest BCUT2D eigenvalue weighted by Gasteiger charge is 2.25. The lowest BCUT2D eigenvalue weighted by Crippen LogP contribution is -2.35. The molecule has 2 saturated heterocycles. The molecule has 1 amide bonds. The van der Waals surface area contributed by atoms with Crippen molar-refractivity contribution < 1.29 is 4.79 Å². The van der Waals surface area contributed by atoms with Crippen LogP contribution in [0.5, 0.6) is 0 Å². The van der Waals surface area contributed by atoms with E-state index in [1.165, 1.54) is 12.8 Å². The van der Waals surface area contributed by atoms with E-state index in [9.17, 15) is 4.79 Å². The van der Waals surface area contributed by atoms with Gasteiger partial charge in [0.1, 0.15) is 0 Å². The molecule has 0 aromatic heterocycles. The Morgan fingerprint density at radius 1 is 1.50 bits per heavy atom. The van der Waals surface area contributed by atoms with Crippen LogP contribution in [0.25, 0.3) is 0 Å². The highest BCUT2D eigenvalue weighted by atomic mass is 16.1. The fraction of sp³-hybridized carbons (Fsp3) is 0.917. The van der Waals surface area contributed by atoms with Gasteiger partial charge in [0.2, 0.25) is 5.91 Å². The Morgan fingerprint density at radius 2 is 2.38 bits per heavy atom. The topological polar surface area (TPSA) is 44.4 Å². The van der Waals surface area contributed by atoms with Crippen molar-refractivity contribution in [1.29, 1.82) is 0 Å². The smallest absolute Gasteiger partial charge is 0.224 e. The Kier molecular flexibility index (Phi) is 4.18. The predicted octanol–water partition coefficient (Wildman–Crippen LogP) is 0.196. The zero-order valence-electron chi connectivity index (χ0n) is 10.2. The van der Waals surface area contributed by atoms with Gasteiger partial charge in [0.05, 0.1) is 5.92 Å². The van der Waals surface area contributed by atoms with E-state index in [-0.39, 0.29) is 11.8 Å². The number of hydrogen-bond donors (Lipinski definition) is 2. The van der Waals surface area contributed by atoms with Crippen LogP contribution in [0.3, 0.4) is 0 Å². The molecule has 2 fully saturated rings. The van der Waals surface area contributed by atoms with Crippen molar-refractivity contribution in [3.8, 4) is 0 Å². The molecule has 4 nitrogen and oxygen atoms in total. The van der Waals surface area contributed by atoms with Crippen LogP contribution in [0, 0.1) is 5.92 Å². The molecule has 2 aliphatic heterocycles. The lowest BCUT2D eigenvalue weighted by molar-refractivity contribution is -0.124. The zero-order valence-corrected chi connectivity index (χ0v) is 10.2. The van der Waals surface area contributed by atoms with E-state index >= 15 is 0 Å². The van der Waals surface area contributed by atoms with Crippen LogP contribution in [0.4, 0.5) is 0 Å². The van der Waals surface area contributed by atoms with Crippen LogP contribution < -0.4 is 10.6 Å².